The van der Waals surface area contributed by atoms with Crippen molar-refractivity contribution >= 4 is 59.3 Å². The molecule has 0 saturated carbocycles. The molecule has 63 heavy (non-hydrogen) atoms. The Morgan fingerprint density at radius 1 is 0.524 bits per heavy atom. The van der Waals surface area contributed by atoms with Crippen molar-refractivity contribution in [1.29, 1.82) is 0 Å². The van der Waals surface area contributed by atoms with E-state index >= 15 is 0 Å². The Hall–Kier alpha value is -7.10. The fourth-order valence-electron chi connectivity index (χ4n) is 6.02. The molecule has 0 radical (unpaired) electrons. The molecule has 0 spiro atoms. The van der Waals surface area contributed by atoms with Crippen LogP contribution in [-0.4, -0.2) is 133 Å². The number of hydrogen-bond acceptors (Lipinski definition) is 12. The maximum absolute atomic E-state index is 13.6. The Labute approximate surface area is 362 Å². The molecule has 0 fully saturated rings. The number of aliphatic hydroxyl groups is 1. The van der Waals surface area contributed by atoms with E-state index in [0.29, 0.717) is 5.56 Å². The van der Waals surface area contributed by atoms with E-state index in [1.807, 2.05) is 0 Å². The monoisotopic (exact) mass is 885 g/mol. The molecule has 22 heteroatoms. The highest BCUT2D eigenvalue weighted by Crippen LogP contribution is 2.18. The van der Waals surface area contributed by atoms with Crippen LogP contribution in [0.25, 0.3) is 0 Å². The van der Waals surface area contributed by atoms with Crippen molar-refractivity contribution in [2.24, 2.45) is 5.92 Å². The molecule has 2 aromatic carbocycles. The number of carbonyl (C=O) groups is 10. The van der Waals surface area contributed by atoms with Gasteiger partial charge in [-0.15, -0.1) is 0 Å². The second-order valence-electron chi connectivity index (χ2n) is 15.1. The number of benzene rings is 2. The van der Waals surface area contributed by atoms with Crippen LogP contribution in [0.1, 0.15) is 65.0 Å². The van der Waals surface area contributed by atoms with E-state index in [9.17, 15) is 73.5 Å². The van der Waals surface area contributed by atoms with Crippen molar-refractivity contribution in [3.63, 3.8) is 0 Å². The average Bonchev–Trinajstić information content (AvgIpc) is 3.18. The first-order valence-corrected chi connectivity index (χ1v) is 19.7. The molecule has 0 bridgehead atoms. The highest BCUT2D eigenvalue weighted by molar-refractivity contribution is 5.98. The Kier molecular flexibility index (Phi) is 20.6. The second-order valence-corrected chi connectivity index (χ2v) is 15.1. The first-order valence-electron chi connectivity index (χ1n) is 19.7. The van der Waals surface area contributed by atoms with Gasteiger partial charge in [-0.25, -0.2) is 4.79 Å². The first kappa shape index (κ1) is 52.0. The SMILES string of the molecule is CC(=O)N[C@@H](Cc1ccccc1)C(=O)N[C@H](C(=O)N[C@@H](CC(C)C)C(=O)N[C@@H](CC(=O)O)C(=O)N[C@@H](C)C(=O)N[C@@H](CC(=O)O)C(=O)N[C@@H](Cc1ccccc1O)C(=O)O)[C@H](C)O. The lowest BCUT2D eigenvalue weighted by molar-refractivity contribution is -0.143. The van der Waals surface area contributed by atoms with Gasteiger partial charge in [-0.05, 0) is 43.4 Å². The number of phenols is 1. The van der Waals surface area contributed by atoms with Crippen molar-refractivity contribution in [3.8, 4) is 5.75 Å². The van der Waals surface area contributed by atoms with Crippen molar-refractivity contribution in [1.82, 2.24) is 37.2 Å². The zero-order chi connectivity index (χ0) is 47.6. The van der Waals surface area contributed by atoms with Crippen LogP contribution in [0, 0.1) is 5.92 Å². The number of nitrogens with one attached hydrogen (secondary N) is 7. The van der Waals surface area contributed by atoms with E-state index in [1.54, 1.807) is 44.2 Å². The lowest BCUT2D eigenvalue weighted by Crippen LogP contribution is -2.61. The number of aliphatic hydroxyl groups excluding tert-OH is 1. The van der Waals surface area contributed by atoms with Crippen LogP contribution >= 0.6 is 0 Å². The maximum atomic E-state index is 13.6. The average molecular weight is 886 g/mol. The van der Waals surface area contributed by atoms with Gasteiger partial charge in [0.05, 0.1) is 18.9 Å². The molecule has 344 valence electrons. The summed E-state index contributed by atoms with van der Waals surface area (Å²) in [6.45, 7) is 6.82. The third kappa shape index (κ3) is 18.2. The zero-order valence-corrected chi connectivity index (χ0v) is 35.2. The Morgan fingerprint density at radius 3 is 1.51 bits per heavy atom. The molecule has 0 aliphatic rings. The number of hydrogen-bond donors (Lipinski definition) is 12. The van der Waals surface area contributed by atoms with Gasteiger partial charge in [-0.2, -0.15) is 0 Å². The summed E-state index contributed by atoms with van der Waals surface area (Å²) in [4.78, 5) is 127. The quantitative estimate of drug-likeness (QED) is 0.0517. The Balaban J connectivity index is 2.22. The molecule has 0 saturated heterocycles. The predicted octanol–water partition coefficient (Wildman–Crippen LogP) is -1.93. The molecule has 0 heterocycles. The second kappa shape index (κ2) is 25.0. The summed E-state index contributed by atoms with van der Waals surface area (Å²) in [7, 11) is 0. The van der Waals surface area contributed by atoms with E-state index < -0.39 is 127 Å². The van der Waals surface area contributed by atoms with Crippen LogP contribution in [-0.2, 0) is 60.8 Å². The highest BCUT2D eigenvalue weighted by Gasteiger charge is 2.36. The van der Waals surface area contributed by atoms with Gasteiger partial charge in [0.2, 0.25) is 41.4 Å². The number of phenolic OH excluding ortho intramolecular Hbond substituents is 1. The van der Waals surface area contributed by atoms with E-state index in [2.05, 4.69) is 37.2 Å². The smallest absolute Gasteiger partial charge is 0.326 e. The summed E-state index contributed by atoms with van der Waals surface area (Å²) in [6, 6.07) is 2.92. The maximum Gasteiger partial charge on any atom is 0.326 e. The highest BCUT2D eigenvalue weighted by atomic mass is 16.4. The van der Waals surface area contributed by atoms with Crippen molar-refractivity contribution in [3.05, 3.63) is 65.7 Å². The topological polar surface area (TPSA) is 356 Å². The number of aromatic hydroxyl groups is 1. The summed E-state index contributed by atoms with van der Waals surface area (Å²) in [5.74, 6) is -12.4. The lowest BCUT2D eigenvalue weighted by Gasteiger charge is -2.28. The fraction of sp³-hybridized carbons (Fsp3) is 0.463. The van der Waals surface area contributed by atoms with Crippen molar-refractivity contribution in [2.75, 3.05) is 0 Å². The van der Waals surface area contributed by atoms with Crippen molar-refractivity contribution < 1.29 is 73.5 Å². The summed E-state index contributed by atoms with van der Waals surface area (Å²) < 4.78 is 0. The van der Waals surface area contributed by atoms with Crippen LogP contribution < -0.4 is 37.2 Å². The van der Waals surface area contributed by atoms with E-state index in [0.717, 1.165) is 6.92 Å². The molecule has 12 N–H and O–H groups in total. The summed E-state index contributed by atoms with van der Waals surface area (Å²) in [5, 5.41) is 65.2. The van der Waals surface area contributed by atoms with Gasteiger partial charge >= 0.3 is 17.9 Å². The molecule has 2 aromatic rings. The van der Waals surface area contributed by atoms with E-state index in [-0.39, 0.29) is 30.1 Å². The van der Waals surface area contributed by atoms with Crippen LogP contribution in [0.5, 0.6) is 5.75 Å². The number of para-hydroxylation sites is 1. The largest absolute Gasteiger partial charge is 0.508 e. The van der Waals surface area contributed by atoms with Crippen LogP contribution in [0.2, 0.25) is 0 Å². The minimum atomic E-state index is -1.88. The van der Waals surface area contributed by atoms with E-state index in [4.69, 9.17) is 0 Å². The van der Waals surface area contributed by atoms with Gasteiger partial charge < -0.3 is 62.8 Å². The van der Waals surface area contributed by atoms with Gasteiger partial charge in [0.25, 0.3) is 0 Å². The number of carboxylic acid groups (broad SMARTS) is 3. The molecule has 0 unspecified atom stereocenters. The van der Waals surface area contributed by atoms with Crippen LogP contribution in [0.4, 0.5) is 0 Å². The fourth-order valence-corrected chi connectivity index (χ4v) is 6.02. The predicted molar refractivity (Wildman–Crippen MR) is 220 cm³/mol. The van der Waals surface area contributed by atoms with E-state index in [1.165, 1.54) is 38.1 Å². The van der Waals surface area contributed by atoms with Crippen molar-refractivity contribution in [2.45, 2.75) is 115 Å². The molecule has 2 rings (SSSR count). The minimum Gasteiger partial charge on any atom is -0.508 e. The Morgan fingerprint density at radius 2 is 1.00 bits per heavy atom. The van der Waals surface area contributed by atoms with Crippen LogP contribution in [0.15, 0.2) is 54.6 Å². The van der Waals surface area contributed by atoms with Gasteiger partial charge in [0, 0.05) is 19.8 Å². The molecule has 0 aliphatic carbocycles. The van der Waals surface area contributed by atoms with Gasteiger partial charge in [-0.1, -0.05) is 62.4 Å². The van der Waals surface area contributed by atoms with Gasteiger partial charge in [0.1, 0.15) is 48.0 Å². The molecule has 7 amide bonds. The summed E-state index contributed by atoms with van der Waals surface area (Å²) >= 11 is 0. The molecule has 8 atom stereocenters. The van der Waals surface area contributed by atoms with Gasteiger partial charge in [-0.3, -0.25) is 43.2 Å². The number of amides is 7. The molecule has 22 nitrogen and oxygen atoms in total. The number of carboxylic acids is 3. The summed E-state index contributed by atoms with van der Waals surface area (Å²) in [5.41, 5.74) is 0.814. The Bertz CT molecular complexity index is 1980. The normalized spacial score (nSPS) is 14.7. The standard InChI is InChI=1S/C41H55N7O15/c1-20(2)15-26(46-40(61)34(22(4)49)48-39(60)27(43-23(5)50)16-24-11-7-6-8-12-24)37(58)45-28(18-32(52)53)36(57)42-21(3)35(56)44-29(19-33(54)55)38(59)47-30(41(62)63)17-25-13-9-10-14-31(25)51/h6-14,20-22,26-30,34,49,51H,15-19H2,1-5H3,(H,42,57)(H,43,50)(H,44,56)(H,45,58)(H,46,61)(H,47,59)(H,48,60)(H,52,53)(H,54,55)(H,62,63)/t21-,22-,26-,27-,28-,29-,30-,34-/m0/s1. The van der Waals surface area contributed by atoms with Gasteiger partial charge in [0.15, 0.2) is 0 Å². The molecular weight excluding hydrogens is 830 g/mol. The molecular formula is C41H55N7O15. The lowest BCUT2D eigenvalue weighted by atomic mass is 10.0. The third-order valence-corrected chi connectivity index (χ3v) is 9.19. The third-order valence-electron chi connectivity index (χ3n) is 9.19. The zero-order valence-electron chi connectivity index (χ0n) is 35.2. The van der Waals surface area contributed by atoms with Crippen LogP contribution in [0.3, 0.4) is 0 Å². The molecule has 0 aromatic heterocycles. The molecule has 0 aliphatic heterocycles. The number of carbonyl (C=O) groups excluding carboxylic acids is 7. The first-order chi connectivity index (χ1) is 29.5. The summed E-state index contributed by atoms with van der Waals surface area (Å²) in [6.07, 6.45) is -4.09. The minimum absolute atomic E-state index is 0.0273. The number of rotatable bonds is 25. The number of aliphatic carboxylic acids is 3.